The van der Waals surface area contributed by atoms with Crippen molar-refractivity contribution in [2.24, 2.45) is 0 Å². The minimum atomic E-state index is -4.09. The fourth-order valence-electron chi connectivity index (χ4n) is 4.62. The highest BCUT2D eigenvalue weighted by atomic mass is 32.2. The minimum Gasteiger partial charge on any atom is -0.355 e. The Hall–Kier alpha value is -3.65. The Kier molecular flexibility index (Phi) is 9.92. The maximum Gasteiger partial charge on any atom is 0.264 e. The SMILES string of the molecule is CCNC(=O)[C@H](CC)N(Cc1ccccc1C)C(=O)CN(c1ccc(C)cc1C)S(=O)(=O)c1ccc(C)cc1. The van der Waals surface area contributed by atoms with Crippen LogP contribution in [-0.2, 0) is 26.2 Å². The Morgan fingerprint density at radius 1 is 0.846 bits per heavy atom. The highest BCUT2D eigenvalue weighted by Crippen LogP contribution is 2.28. The van der Waals surface area contributed by atoms with E-state index in [1.807, 2.05) is 77.9 Å². The molecule has 3 rings (SSSR count). The van der Waals surface area contributed by atoms with E-state index in [0.717, 1.165) is 27.8 Å². The number of nitrogens with zero attached hydrogens (tertiary/aromatic N) is 2. The summed E-state index contributed by atoms with van der Waals surface area (Å²) in [6, 6.07) is 19.0. The number of carbonyl (C=O) groups excluding carboxylic acids is 2. The third-order valence-electron chi connectivity index (χ3n) is 6.85. The lowest BCUT2D eigenvalue weighted by molar-refractivity contribution is -0.140. The molecule has 208 valence electrons. The van der Waals surface area contributed by atoms with Crippen LogP contribution in [0.5, 0.6) is 0 Å². The van der Waals surface area contributed by atoms with Gasteiger partial charge in [0.1, 0.15) is 12.6 Å². The van der Waals surface area contributed by atoms with Crippen molar-refractivity contribution in [2.75, 3.05) is 17.4 Å². The van der Waals surface area contributed by atoms with Gasteiger partial charge in [0.25, 0.3) is 10.0 Å². The van der Waals surface area contributed by atoms with Crippen molar-refractivity contribution in [1.82, 2.24) is 10.2 Å². The summed E-state index contributed by atoms with van der Waals surface area (Å²) in [4.78, 5) is 28.8. The van der Waals surface area contributed by atoms with Crippen LogP contribution >= 0.6 is 0 Å². The molecule has 0 heterocycles. The van der Waals surface area contributed by atoms with Crippen molar-refractivity contribution in [1.29, 1.82) is 0 Å². The first-order valence-corrected chi connectivity index (χ1v) is 14.7. The molecule has 39 heavy (non-hydrogen) atoms. The minimum absolute atomic E-state index is 0.0992. The van der Waals surface area contributed by atoms with Crippen LogP contribution in [0.25, 0.3) is 0 Å². The molecule has 0 bridgehead atoms. The number of benzene rings is 3. The molecule has 0 aliphatic heterocycles. The van der Waals surface area contributed by atoms with Gasteiger partial charge in [0.2, 0.25) is 11.8 Å². The lowest BCUT2D eigenvalue weighted by atomic mass is 10.1. The van der Waals surface area contributed by atoms with E-state index in [2.05, 4.69) is 5.32 Å². The number of carbonyl (C=O) groups is 2. The molecule has 7 nitrogen and oxygen atoms in total. The topological polar surface area (TPSA) is 86.8 Å². The van der Waals surface area contributed by atoms with Crippen LogP contribution < -0.4 is 9.62 Å². The zero-order valence-electron chi connectivity index (χ0n) is 23.7. The Bertz CT molecular complexity index is 1420. The van der Waals surface area contributed by atoms with Crippen molar-refractivity contribution in [3.05, 3.63) is 94.5 Å². The lowest BCUT2D eigenvalue weighted by Crippen LogP contribution is -2.52. The summed E-state index contributed by atoms with van der Waals surface area (Å²) in [6.45, 7) is 11.5. The van der Waals surface area contributed by atoms with Gasteiger partial charge in [0.05, 0.1) is 10.6 Å². The molecule has 2 amide bonds. The van der Waals surface area contributed by atoms with Crippen molar-refractivity contribution in [3.63, 3.8) is 0 Å². The van der Waals surface area contributed by atoms with Gasteiger partial charge in [-0.2, -0.15) is 0 Å². The van der Waals surface area contributed by atoms with Crippen LogP contribution in [0.15, 0.2) is 71.6 Å². The van der Waals surface area contributed by atoms with Crippen LogP contribution in [0.4, 0.5) is 5.69 Å². The van der Waals surface area contributed by atoms with Gasteiger partial charge >= 0.3 is 0 Å². The third kappa shape index (κ3) is 7.06. The Morgan fingerprint density at radius 3 is 2.08 bits per heavy atom. The Balaban J connectivity index is 2.11. The zero-order chi connectivity index (χ0) is 28.7. The van der Waals surface area contributed by atoms with Gasteiger partial charge in [-0.3, -0.25) is 13.9 Å². The highest BCUT2D eigenvalue weighted by Gasteiger charge is 2.34. The molecule has 0 unspecified atom stereocenters. The molecular weight excluding hydrogens is 510 g/mol. The number of hydrogen-bond acceptors (Lipinski definition) is 4. The van der Waals surface area contributed by atoms with Crippen molar-refractivity contribution >= 4 is 27.5 Å². The number of rotatable bonds is 11. The predicted octanol–water partition coefficient (Wildman–Crippen LogP) is 5.06. The highest BCUT2D eigenvalue weighted by molar-refractivity contribution is 7.92. The van der Waals surface area contributed by atoms with E-state index in [4.69, 9.17) is 0 Å². The maximum atomic E-state index is 14.1. The Labute approximate surface area is 232 Å². The number of hydrogen-bond donors (Lipinski definition) is 1. The van der Waals surface area contributed by atoms with E-state index < -0.39 is 28.5 Å². The second-order valence-corrected chi connectivity index (χ2v) is 11.7. The number of nitrogens with one attached hydrogen (secondary N) is 1. The number of aryl methyl sites for hydroxylation is 4. The van der Waals surface area contributed by atoms with Crippen molar-refractivity contribution in [3.8, 4) is 0 Å². The molecule has 0 aliphatic carbocycles. The van der Waals surface area contributed by atoms with Crippen LogP contribution in [0, 0.1) is 27.7 Å². The van der Waals surface area contributed by atoms with Gasteiger partial charge in [0.15, 0.2) is 0 Å². The average molecular weight is 550 g/mol. The molecule has 3 aromatic carbocycles. The summed E-state index contributed by atoms with van der Waals surface area (Å²) in [6.07, 6.45) is 0.387. The molecule has 0 radical (unpaired) electrons. The molecule has 8 heteroatoms. The summed E-state index contributed by atoms with van der Waals surface area (Å²) < 4.78 is 29.2. The van der Waals surface area contributed by atoms with Crippen LogP contribution in [0.3, 0.4) is 0 Å². The summed E-state index contributed by atoms with van der Waals surface area (Å²) in [5.74, 6) is -0.714. The van der Waals surface area contributed by atoms with E-state index in [0.29, 0.717) is 18.7 Å². The number of anilines is 1. The molecule has 1 N–H and O–H groups in total. The van der Waals surface area contributed by atoms with Crippen LogP contribution in [0.2, 0.25) is 0 Å². The van der Waals surface area contributed by atoms with Crippen LogP contribution in [-0.4, -0.2) is 44.3 Å². The largest absolute Gasteiger partial charge is 0.355 e. The molecule has 0 fully saturated rings. The second kappa shape index (κ2) is 12.9. The van der Waals surface area contributed by atoms with Gasteiger partial charge in [-0.15, -0.1) is 0 Å². The van der Waals surface area contributed by atoms with Crippen molar-refractivity contribution < 1.29 is 18.0 Å². The number of amides is 2. The van der Waals surface area contributed by atoms with Crippen molar-refractivity contribution in [2.45, 2.75) is 65.4 Å². The van der Waals surface area contributed by atoms with E-state index >= 15 is 0 Å². The normalized spacial score (nSPS) is 12.1. The standard InChI is InChI=1S/C31H39N3O4S/c1-7-28(31(36)32-8-2)33(20-26-12-10-9-11-24(26)5)30(35)21-34(29-18-15-23(4)19-25(29)6)39(37,38)27-16-13-22(3)14-17-27/h9-19,28H,7-8,20-21H2,1-6H3,(H,32,36)/t28-/m0/s1. The number of sulfonamides is 1. The average Bonchev–Trinajstić information content (AvgIpc) is 2.89. The van der Waals surface area contributed by atoms with Gasteiger partial charge in [-0.1, -0.05) is 66.6 Å². The summed E-state index contributed by atoms with van der Waals surface area (Å²) >= 11 is 0. The lowest BCUT2D eigenvalue weighted by Gasteiger charge is -2.34. The Morgan fingerprint density at radius 2 is 1.49 bits per heavy atom. The predicted molar refractivity (Wildman–Crippen MR) is 156 cm³/mol. The second-order valence-electron chi connectivity index (χ2n) is 9.88. The number of likely N-dealkylation sites (N-methyl/N-ethyl adjacent to an activating group) is 1. The van der Waals surface area contributed by atoms with Gasteiger partial charge in [-0.05, 0) is 75.9 Å². The monoisotopic (exact) mass is 549 g/mol. The van der Waals surface area contributed by atoms with E-state index in [-0.39, 0.29) is 17.3 Å². The quantitative estimate of drug-likeness (QED) is 0.362. The smallest absolute Gasteiger partial charge is 0.264 e. The molecule has 1 atom stereocenters. The molecule has 0 aromatic heterocycles. The zero-order valence-corrected chi connectivity index (χ0v) is 24.5. The summed E-state index contributed by atoms with van der Waals surface area (Å²) in [5, 5.41) is 2.83. The molecular formula is C31H39N3O4S. The molecule has 3 aromatic rings. The van der Waals surface area contributed by atoms with E-state index in [1.54, 1.807) is 30.3 Å². The van der Waals surface area contributed by atoms with Crippen LogP contribution in [0.1, 0.15) is 48.1 Å². The first kappa shape index (κ1) is 29.9. The summed E-state index contributed by atoms with van der Waals surface area (Å²) in [7, 11) is -4.09. The molecule has 0 aliphatic rings. The van der Waals surface area contributed by atoms with Gasteiger partial charge in [-0.25, -0.2) is 8.42 Å². The summed E-state index contributed by atoms with van der Waals surface area (Å²) in [5.41, 5.74) is 4.96. The first-order valence-electron chi connectivity index (χ1n) is 13.3. The fraction of sp³-hybridized carbons (Fsp3) is 0.355. The molecule has 0 saturated heterocycles. The first-order chi connectivity index (χ1) is 18.5. The van der Waals surface area contributed by atoms with Gasteiger partial charge < -0.3 is 10.2 Å². The third-order valence-corrected chi connectivity index (χ3v) is 8.62. The fourth-order valence-corrected chi connectivity index (χ4v) is 6.10. The molecule has 0 saturated carbocycles. The molecule has 0 spiro atoms. The maximum absolute atomic E-state index is 14.1. The van der Waals surface area contributed by atoms with E-state index in [9.17, 15) is 18.0 Å². The van der Waals surface area contributed by atoms with E-state index in [1.165, 1.54) is 9.21 Å². The van der Waals surface area contributed by atoms with Gasteiger partial charge in [0, 0.05) is 13.1 Å².